The molecule has 2 N–H and O–H groups in total. The first-order valence-electron chi connectivity index (χ1n) is 9.39. The zero-order valence-electron chi connectivity index (χ0n) is 15.7. The van der Waals surface area contributed by atoms with E-state index >= 15 is 0 Å². The van der Waals surface area contributed by atoms with Gasteiger partial charge in [-0.1, -0.05) is 30.3 Å². The number of hydrogen-bond acceptors (Lipinski definition) is 4. The van der Waals surface area contributed by atoms with Crippen molar-refractivity contribution < 1.29 is 9.59 Å². The highest BCUT2D eigenvalue weighted by Crippen LogP contribution is 2.11. The summed E-state index contributed by atoms with van der Waals surface area (Å²) in [6.45, 7) is 4.47. The molecule has 1 aliphatic rings. The zero-order chi connectivity index (χ0) is 19.8. The second kappa shape index (κ2) is 10.5. The van der Waals surface area contributed by atoms with Gasteiger partial charge in [0, 0.05) is 42.0 Å². The predicted molar refractivity (Wildman–Crippen MR) is 119 cm³/mol. The van der Waals surface area contributed by atoms with Gasteiger partial charge in [-0.3, -0.25) is 19.4 Å². The Balaban J connectivity index is 1.34. The molecule has 3 rings (SSSR count). The van der Waals surface area contributed by atoms with E-state index in [1.807, 2.05) is 54.6 Å². The zero-order valence-corrected chi connectivity index (χ0v) is 17.9. The van der Waals surface area contributed by atoms with Gasteiger partial charge >= 0.3 is 0 Å². The van der Waals surface area contributed by atoms with Crippen LogP contribution in [0.2, 0.25) is 0 Å². The minimum atomic E-state index is -0.00439. The number of hydrogen-bond donors (Lipinski definition) is 2. The largest absolute Gasteiger partial charge is 0.351 e. The number of piperazine rings is 1. The van der Waals surface area contributed by atoms with Crippen LogP contribution < -0.4 is 10.6 Å². The monoisotopic (exact) mass is 492 g/mol. The van der Waals surface area contributed by atoms with Crippen LogP contribution in [0, 0.1) is 3.57 Å². The fraction of sp³-hybridized carbons (Fsp3) is 0.333. The predicted octanol–water partition coefficient (Wildman–Crippen LogP) is 2.16. The lowest BCUT2D eigenvalue weighted by molar-refractivity contribution is -0.123. The Morgan fingerprint density at radius 1 is 0.821 bits per heavy atom. The smallest absolute Gasteiger partial charge is 0.238 e. The van der Waals surface area contributed by atoms with Crippen molar-refractivity contribution in [1.82, 2.24) is 15.1 Å². The fourth-order valence-corrected chi connectivity index (χ4v) is 3.46. The Hall–Kier alpha value is -1.97. The van der Waals surface area contributed by atoms with Gasteiger partial charge in [0.2, 0.25) is 11.8 Å². The van der Waals surface area contributed by atoms with Gasteiger partial charge in [0.1, 0.15) is 0 Å². The van der Waals surface area contributed by atoms with E-state index in [4.69, 9.17) is 0 Å². The van der Waals surface area contributed by atoms with Crippen LogP contribution in [0.25, 0.3) is 0 Å². The Morgan fingerprint density at radius 3 is 2.00 bits per heavy atom. The number of nitrogens with zero attached hydrogens (tertiary/aromatic N) is 2. The van der Waals surface area contributed by atoms with Gasteiger partial charge in [0.25, 0.3) is 0 Å². The summed E-state index contributed by atoms with van der Waals surface area (Å²) in [7, 11) is 0. The summed E-state index contributed by atoms with van der Waals surface area (Å²) < 4.78 is 1.14. The van der Waals surface area contributed by atoms with E-state index in [2.05, 4.69) is 43.0 Å². The molecule has 28 heavy (non-hydrogen) atoms. The average Bonchev–Trinajstić information content (AvgIpc) is 2.70. The van der Waals surface area contributed by atoms with Crippen LogP contribution in [0.15, 0.2) is 54.6 Å². The summed E-state index contributed by atoms with van der Waals surface area (Å²) in [5.41, 5.74) is 1.92. The Bertz CT molecular complexity index is 775. The molecule has 0 atom stereocenters. The van der Waals surface area contributed by atoms with E-state index in [9.17, 15) is 9.59 Å². The van der Waals surface area contributed by atoms with Gasteiger partial charge in [-0.15, -0.1) is 0 Å². The topological polar surface area (TPSA) is 64.7 Å². The third-order valence-electron chi connectivity index (χ3n) is 4.66. The quantitative estimate of drug-likeness (QED) is 0.582. The summed E-state index contributed by atoms with van der Waals surface area (Å²) in [4.78, 5) is 28.6. The van der Waals surface area contributed by atoms with Crippen LogP contribution in [0.5, 0.6) is 0 Å². The van der Waals surface area contributed by atoms with Gasteiger partial charge in [-0.2, -0.15) is 0 Å². The molecule has 148 valence electrons. The van der Waals surface area contributed by atoms with Crippen LogP contribution in [-0.4, -0.2) is 60.9 Å². The first-order valence-corrected chi connectivity index (χ1v) is 10.5. The summed E-state index contributed by atoms with van der Waals surface area (Å²) >= 11 is 2.24. The lowest BCUT2D eigenvalue weighted by atomic mass is 10.2. The van der Waals surface area contributed by atoms with Crippen molar-refractivity contribution in [1.29, 1.82) is 0 Å². The number of halogens is 1. The average molecular weight is 492 g/mol. The molecule has 0 saturated carbocycles. The van der Waals surface area contributed by atoms with E-state index in [1.165, 1.54) is 0 Å². The molecule has 1 aliphatic heterocycles. The van der Waals surface area contributed by atoms with Gasteiger partial charge in [0.15, 0.2) is 0 Å². The van der Waals surface area contributed by atoms with Gasteiger partial charge < -0.3 is 10.6 Å². The maximum Gasteiger partial charge on any atom is 0.238 e. The summed E-state index contributed by atoms with van der Waals surface area (Å²) in [5, 5.41) is 5.89. The number of amides is 2. The number of rotatable bonds is 7. The lowest BCUT2D eigenvalue weighted by Gasteiger charge is -2.33. The molecule has 0 radical (unpaired) electrons. The molecule has 1 fully saturated rings. The first kappa shape index (κ1) is 20.8. The minimum absolute atomic E-state index is 0.00439. The standard InChI is InChI=1S/C21H25IN4O2/c22-18-6-8-19(9-7-18)24-21(28)16-26-12-10-25(11-13-26)15-20(27)23-14-17-4-2-1-3-5-17/h1-9H,10-16H2,(H,23,27)(H,24,28). The summed E-state index contributed by atoms with van der Waals surface area (Å²) in [5.74, 6) is 0.0315. The highest BCUT2D eigenvalue weighted by atomic mass is 127. The molecule has 0 bridgehead atoms. The van der Waals surface area contributed by atoms with E-state index in [0.717, 1.165) is 41.0 Å². The van der Waals surface area contributed by atoms with Crippen LogP contribution >= 0.6 is 22.6 Å². The summed E-state index contributed by atoms with van der Waals surface area (Å²) in [6.07, 6.45) is 0. The van der Waals surface area contributed by atoms with E-state index in [-0.39, 0.29) is 11.8 Å². The second-order valence-electron chi connectivity index (χ2n) is 6.87. The van der Waals surface area contributed by atoms with Gasteiger partial charge in [-0.25, -0.2) is 0 Å². The Labute approximate surface area is 179 Å². The van der Waals surface area contributed by atoms with Crippen molar-refractivity contribution in [2.45, 2.75) is 6.54 Å². The molecule has 0 aliphatic carbocycles. The van der Waals surface area contributed by atoms with Crippen molar-refractivity contribution in [3.05, 3.63) is 63.7 Å². The maximum atomic E-state index is 12.2. The van der Waals surface area contributed by atoms with Crippen LogP contribution in [-0.2, 0) is 16.1 Å². The molecule has 1 saturated heterocycles. The van der Waals surface area contributed by atoms with E-state index in [0.29, 0.717) is 19.6 Å². The summed E-state index contributed by atoms with van der Waals surface area (Å²) in [6, 6.07) is 17.7. The Kier molecular flexibility index (Phi) is 7.81. The Morgan fingerprint density at radius 2 is 1.39 bits per heavy atom. The molecule has 1 heterocycles. The lowest BCUT2D eigenvalue weighted by Crippen LogP contribution is -2.50. The molecular formula is C21H25IN4O2. The third-order valence-corrected chi connectivity index (χ3v) is 5.38. The van der Waals surface area contributed by atoms with Crippen molar-refractivity contribution in [2.75, 3.05) is 44.6 Å². The molecular weight excluding hydrogens is 467 g/mol. The van der Waals surface area contributed by atoms with Crippen LogP contribution in [0.4, 0.5) is 5.69 Å². The number of anilines is 1. The minimum Gasteiger partial charge on any atom is -0.351 e. The van der Waals surface area contributed by atoms with Crippen LogP contribution in [0.3, 0.4) is 0 Å². The fourth-order valence-electron chi connectivity index (χ4n) is 3.10. The first-order chi connectivity index (χ1) is 13.6. The van der Waals surface area contributed by atoms with Gasteiger partial charge in [0.05, 0.1) is 13.1 Å². The van der Waals surface area contributed by atoms with Crippen LogP contribution in [0.1, 0.15) is 5.56 Å². The third kappa shape index (κ3) is 6.88. The second-order valence-corrected chi connectivity index (χ2v) is 8.12. The molecule has 2 amide bonds. The normalized spacial score (nSPS) is 15.2. The number of nitrogens with one attached hydrogen (secondary N) is 2. The molecule has 7 heteroatoms. The highest BCUT2D eigenvalue weighted by molar-refractivity contribution is 14.1. The van der Waals surface area contributed by atoms with Crippen molar-refractivity contribution in [3.8, 4) is 0 Å². The molecule has 2 aromatic rings. The van der Waals surface area contributed by atoms with Gasteiger partial charge in [-0.05, 0) is 52.4 Å². The highest BCUT2D eigenvalue weighted by Gasteiger charge is 2.20. The molecule has 0 unspecified atom stereocenters. The van der Waals surface area contributed by atoms with Crippen molar-refractivity contribution in [2.24, 2.45) is 0 Å². The van der Waals surface area contributed by atoms with Crippen molar-refractivity contribution >= 4 is 40.1 Å². The molecule has 0 aromatic heterocycles. The van der Waals surface area contributed by atoms with E-state index in [1.54, 1.807) is 0 Å². The van der Waals surface area contributed by atoms with E-state index < -0.39 is 0 Å². The molecule has 6 nitrogen and oxygen atoms in total. The van der Waals surface area contributed by atoms with Crippen molar-refractivity contribution in [3.63, 3.8) is 0 Å². The SMILES string of the molecule is O=C(CN1CCN(CC(=O)Nc2ccc(I)cc2)CC1)NCc1ccccc1. The number of benzene rings is 2. The molecule has 2 aromatic carbocycles. The number of carbonyl (C=O) groups is 2. The maximum absolute atomic E-state index is 12.2. The number of carbonyl (C=O) groups excluding carboxylic acids is 2. The molecule has 0 spiro atoms.